The monoisotopic (exact) mass is 1660 g/mol. The first-order valence-corrected chi connectivity index (χ1v) is 39.8. The molecule has 12 atom stereocenters. The van der Waals surface area contributed by atoms with Crippen LogP contribution in [0.15, 0.2) is 73.4 Å². The Morgan fingerprint density at radius 1 is 0.431 bits per heavy atom. The summed E-state index contributed by atoms with van der Waals surface area (Å²) in [6.07, 6.45) is 6.65. The van der Waals surface area contributed by atoms with E-state index in [0.29, 0.717) is 60.0 Å². The molecule has 0 saturated heterocycles. The molecule has 0 unspecified atom stereocenters. The number of aromatic amines is 3. The van der Waals surface area contributed by atoms with Crippen LogP contribution in [0, 0.1) is 16.7 Å². The number of carbonyl (C=O) groups excluding carboxylic acids is 11. The number of unbranched alkanes of at least 4 members (excludes halogenated alkanes) is 3. The minimum Gasteiger partial charge on any atom is -0.481 e. The van der Waals surface area contributed by atoms with Crippen molar-refractivity contribution >= 4 is 136 Å². The van der Waals surface area contributed by atoms with Crippen molar-refractivity contribution in [3.63, 3.8) is 0 Å². The van der Waals surface area contributed by atoms with Gasteiger partial charge in [0.2, 0.25) is 65.0 Å². The predicted octanol–water partition coefficient (Wildman–Crippen LogP) is -3.56. The number of nitrogens with two attached hydrogens (primary N) is 6. The Balaban J connectivity index is 1.39. The van der Waals surface area contributed by atoms with Crippen LogP contribution in [-0.2, 0) is 81.6 Å². The number of aliphatic carboxylic acids is 2. The third-order valence-electron chi connectivity index (χ3n) is 18.7. The SMILES string of the molecule is CC(C)C[C@H](NC(=O)[C@H](Cc1c[nH]c2ccccc12)NC(=O)[C@H](CCCCN)NC(=O)[C@H](CS)NC(=O)[C@H](CC(=O)O)NC(=O)[C@H](CCCNC(=N)N)NC(=O)[C@H](Cc1c[nH]cn1)NC(=O)[C@@H](N)CCCCN)C(=O)N[C@@H](CCCCN)C(=O)N[C@@H](CCCNC(=N)N)C(=O)N[C@@H](CS)C(=O)N[C@@H](Cc1c[nH]c2ccccc12)C(=O)O. The number of hydrogen-bond donors (Lipinski definition) is 28. The lowest BCUT2D eigenvalue weighted by atomic mass is 9.99. The van der Waals surface area contributed by atoms with Crippen molar-refractivity contribution in [3.05, 3.63) is 90.3 Å². The zero-order chi connectivity index (χ0) is 85.4. The Labute approximate surface area is 681 Å². The molecular weight excluding hydrogens is 1540 g/mol. The van der Waals surface area contributed by atoms with Gasteiger partial charge in [0.1, 0.15) is 66.5 Å². The number of nitrogens with one attached hydrogen (secondary N) is 18. The first-order chi connectivity index (χ1) is 55.4. The number of para-hydroxylation sites is 2. The van der Waals surface area contributed by atoms with Gasteiger partial charge in [-0.25, -0.2) is 9.78 Å². The highest BCUT2D eigenvalue weighted by atomic mass is 32.1. The number of thiol groups is 2. The summed E-state index contributed by atoms with van der Waals surface area (Å²) in [5, 5.41) is 70.8. The van der Waals surface area contributed by atoms with E-state index in [2.05, 4.69) is 114 Å². The molecule has 638 valence electrons. The molecule has 0 saturated carbocycles. The fourth-order valence-corrected chi connectivity index (χ4v) is 13.0. The van der Waals surface area contributed by atoms with Crippen LogP contribution < -0.4 is 104 Å². The van der Waals surface area contributed by atoms with Gasteiger partial charge in [-0.1, -0.05) is 56.7 Å². The maximum Gasteiger partial charge on any atom is 0.326 e. The highest BCUT2D eigenvalue weighted by molar-refractivity contribution is 7.80. The fraction of sp³-hybridized carbons (Fsp3) is 0.541. The molecule has 0 radical (unpaired) electrons. The molecule has 2 aromatic carbocycles. The Bertz CT molecular complexity index is 4090. The van der Waals surface area contributed by atoms with Crippen molar-refractivity contribution in [2.75, 3.05) is 44.2 Å². The molecule has 32 N–H and O–H groups in total. The highest BCUT2D eigenvalue weighted by Gasteiger charge is 2.38. The Morgan fingerprint density at radius 2 is 0.776 bits per heavy atom. The molecule has 42 heteroatoms. The number of rotatable bonds is 55. The topological polar surface area (TPSA) is 683 Å². The van der Waals surface area contributed by atoms with Crippen LogP contribution in [0.5, 0.6) is 0 Å². The van der Waals surface area contributed by atoms with Crippen LogP contribution >= 0.6 is 25.3 Å². The van der Waals surface area contributed by atoms with E-state index in [9.17, 15) is 67.7 Å². The second kappa shape index (κ2) is 50.3. The summed E-state index contributed by atoms with van der Waals surface area (Å²) in [7, 11) is 0. The van der Waals surface area contributed by atoms with E-state index in [1.54, 1.807) is 74.8 Å². The summed E-state index contributed by atoms with van der Waals surface area (Å²) in [6.45, 7) is 4.31. The number of benzene rings is 2. The normalized spacial score (nSPS) is 14.4. The number of H-pyrrole nitrogens is 3. The van der Waals surface area contributed by atoms with Gasteiger partial charge >= 0.3 is 11.9 Å². The van der Waals surface area contributed by atoms with Gasteiger partial charge in [-0.15, -0.1) is 0 Å². The summed E-state index contributed by atoms with van der Waals surface area (Å²) >= 11 is 8.62. The maximum absolute atomic E-state index is 15.2. The molecular formula is C74H115N25O15S2. The van der Waals surface area contributed by atoms with Gasteiger partial charge in [-0.3, -0.25) is 68.4 Å². The lowest BCUT2D eigenvalue weighted by Crippen LogP contribution is -2.61. The molecule has 11 amide bonds. The zero-order valence-corrected chi connectivity index (χ0v) is 66.9. The molecule has 5 rings (SSSR count). The van der Waals surface area contributed by atoms with Crippen LogP contribution in [0.25, 0.3) is 21.8 Å². The van der Waals surface area contributed by atoms with Crippen molar-refractivity contribution in [1.29, 1.82) is 10.8 Å². The lowest BCUT2D eigenvalue weighted by molar-refractivity contribution is -0.142. The van der Waals surface area contributed by atoms with Gasteiger partial charge < -0.3 is 129 Å². The largest absolute Gasteiger partial charge is 0.481 e. The van der Waals surface area contributed by atoms with Crippen molar-refractivity contribution < 1.29 is 72.5 Å². The minimum atomic E-state index is -1.94. The number of imidazole rings is 1. The molecule has 3 heterocycles. The van der Waals surface area contributed by atoms with E-state index in [1.165, 1.54) is 12.5 Å². The molecule has 116 heavy (non-hydrogen) atoms. The van der Waals surface area contributed by atoms with Gasteiger partial charge in [0.05, 0.1) is 24.5 Å². The average molecular weight is 1660 g/mol. The number of carboxylic acids is 2. The van der Waals surface area contributed by atoms with Gasteiger partial charge in [-0.2, -0.15) is 25.3 Å². The number of nitrogens with zero attached hydrogens (tertiary/aromatic N) is 1. The standard InChI is InChI=1S/C74H115N25O15S2/c1-40(2)29-53(66(107)90-49(20-8-11-25-76)62(103)89-52(23-14-28-85-74(81)82)65(106)98-59(38-116)71(112)97-57(72(113)114)31-42-35-87-48-19-6-4-16-45(42)48)94-67(108)54(30-41-34-86-47-18-5-3-15-44(41)47)95-63(104)50(21-9-12-26-77)92-70(111)58(37-115)99-69(110)56(33-60(100)101)96-64(105)51(22-13-27-84-73(79)80)91-68(109)55(32-43-36-83-39-88-43)93-61(102)46(78)17-7-10-24-75/h3-6,15-16,18-19,34-36,39-40,46,49-59,86-87,115-116H,7-14,17,20-33,37-38,75-78H2,1-2H3,(H,83,88)(H,89,103)(H,90,107)(H,91,109)(H,92,111)(H,93,102)(H,94,108)(H,95,104)(H,96,105)(H,97,112)(H,98,106)(H,99,110)(H,100,101)(H,113,114)(H4,79,80,84)(H4,81,82,85)/t46-,49-,50-,51-,52-,53-,54-,55-,56-,57-,58-,59-/m0/s1. The van der Waals surface area contributed by atoms with Crippen LogP contribution in [0.3, 0.4) is 0 Å². The van der Waals surface area contributed by atoms with E-state index in [0.717, 1.165) is 10.9 Å². The van der Waals surface area contributed by atoms with Crippen molar-refractivity contribution in [1.82, 2.24) is 89.1 Å². The van der Waals surface area contributed by atoms with Crippen LogP contribution in [0.1, 0.15) is 127 Å². The summed E-state index contributed by atoms with van der Waals surface area (Å²) in [6, 6.07) is -3.48. The fourth-order valence-electron chi connectivity index (χ4n) is 12.5. The summed E-state index contributed by atoms with van der Waals surface area (Å²) < 4.78 is 0. The number of fused-ring (bicyclic) bond motifs is 2. The van der Waals surface area contributed by atoms with E-state index in [4.69, 9.17) is 45.2 Å². The molecule has 0 spiro atoms. The smallest absolute Gasteiger partial charge is 0.326 e. The molecule has 0 aliphatic heterocycles. The molecule has 5 aromatic rings. The second-order valence-electron chi connectivity index (χ2n) is 28.4. The zero-order valence-electron chi connectivity index (χ0n) is 65.1. The van der Waals surface area contributed by atoms with Crippen LogP contribution in [0.4, 0.5) is 0 Å². The van der Waals surface area contributed by atoms with Crippen LogP contribution in [-0.4, -0.2) is 236 Å². The number of carbonyl (C=O) groups is 13. The van der Waals surface area contributed by atoms with Crippen molar-refractivity contribution in [2.24, 2.45) is 40.3 Å². The first kappa shape index (κ1) is 95.5. The lowest BCUT2D eigenvalue weighted by Gasteiger charge is -2.29. The number of carboxylic acid groups (broad SMARTS) is 2. The second-order valence-corrected chi connectivity index (χ2v) is 29.2. The van der Waals surface area contributed by atoms with Gasteiger partial charge in [-0.05, 0) is 132 Å². The first-order valence-electron chi connectivity index (χ1n) is 38.5. The average Bonchev–Trinajstić information content (AvgIpc) is 1.65. The molecule has 3 aromatic heterocycles. The van der Waals surface area contributed by atoms with Crippen molar-refractivity contribution in [2.45, 2.75) is 202 Å². The molecule has 0 fully saturated rings. The van der Waals surface area contributed by atoms with Gasteiger partial charge in [0.15, 0.2) is 11.9 Å². The Hall–Kier alpha value is -11.1. The van der Waals surface area contributed by atoms with E-state index in [1.807, 2.05) is 0 Å². The molecule has 40 nitrogen and oxygen atoms in total. The van der Waals surface area contributed by atoms with Gasteiger partial charge in [0, 0.05) is 84.3 Å². The van der Waals surface area contributed by atoms with E-state index >= 15 is 4.79 Å². The third kappa shape index (κ3) is 32.7. The summed E-state index contributed by atoms with van der Waals surface area (Å²) in [4.78, 5) is 197. The summed E-state index contributed by atoms with van der Waals surface area (Å²) in [5.74, 6) is -15.1. The quantitative estimate of drug-likeness (QED) is 0.00775. The summed E-state index contributed by atoms with van der Waals surface area (Å²) in [5.41, 5.74) is 37.4. The number of hydrogen-bond acceptors (Lipinski definition) is 22. The van der Waals surface area contributed by atoms with Gasteiger partial charge in [0.25, 0.3) is 0 Å². The van der Waals surface area contributed by atoms with E-state index < -0.39 is 168 Å². The Kier molecular flexibility index (Phi) is 41.4. The van der Waals surface area contributed by atoms with Crippen LogP contribution in [0.2, 0.25) is 0 Å². The number of amides is 11. The van der Waals surface area contributed by atoms with Crippen molar-refractivity contribution in [3.8, 4) is 0 Å². The molecule has 0 bridgehead atoms. The number of guanidine groups is 2. The molecule has 0 aliphatic carbocycles. The third-order valence-corrected chi connectivity index (χ3v) is 19.5. The minimum absolute atomic E-state index is 0.0153. The maximum atomic E-state index is 15.2. The molecule has 0 aliphatic rings. The number of aromatic nitrogens is 4. The Morgan fingerprint density at radius 3 is 1.18 bits per heavy atom. The van der Waals surface area contributed by atoms with E-state index in [-0.39, 0.29) is 127 Å². The predicted molar refractivity (Wildman–Crippen MR) is 440 cm³/mol. The highest BCUT2D eigenvalue weighted by Crippen LogP contribution is 2.22.